The standard InChI is InChI=1S/C21H24O9/c1-10-6-15-20(8-26-11(2)22,18(16(10)25)29-13(4)24)19(5)7-14(28-12(3)23)17(30-15)21(19)9-27-21/h6-7,15,17-18H,8-9H2,1-5H3/t15-,17-,18-,19-,20-,21+/m1/s1. The Kier molecular flexibility index (Phi) is 4.48. The third-order valence-electron chi connectivity index (χ3n) is 6.76. The summed E-state index contributed by atoms with van der Waals surface area (Å²) < 4.78 is 28.5. The van der Waals surface area contributed by atoms with Gasteiger partial charge < -0.3 is 23.7 Å². The number of hydrogen-bond acceptors (Lipinski definition) is 9. The Morgan fingerprint density at radius 3 is 2.37 bits per heavy atom. The average molecular weight is 420 g/mol. The average Bonchev–Trinajstić information content (AvgIpc) is 3.40. The van der Waals surface area contributed by atoms with Gasteiger partial charge in [0, 0.05) is 26.2 Å². The number of Topliss-reactive ketones (excluding diaryl/α,β-unsaturated/α-hetero) is 1. The van der Waals surface area contributed by atoms with Gasteiger partial charge in [0.05, 0.1) is 18.1 Å². The fraction of sp³-hybridized carbons (Fsp3) is 0.619. The molecule has 2 aliphatic heterocycles. The molecule has 9 nitrogen and oxygen atoms in total. The quantitative estimate of drug-likeness (QED) is 0.373. The van der Waals surface area contributed by atoms with Gasteiger partial charge in [-0.15, -0.1) is 0 Å². The lowest BCUT2D eigenvalue weighted by atomic mass is 9.50. The Morgan fingerprint density at radius 1 is 1.17 bits per heavy atom. The van der Waals surface area contributed by atoms with E-state index in [4.69, 9.17) is 23.7 Å². The monoisotopic (exact) mass is 420 g/mol. The molecule has 6 atom stereocenters. The molecule has 0 amide bonds. The molecule has 2 aliphatic carbocycles. The van der Waals surface area contributed by atoms with Gasteiger partial charge in [-0.1, -0.05) is 6.92 Å². The Hall–Kier alpha value is -2.52. The van der Waals surface area contributed by atoms with Gasteiger partial charge in [-0.3, -0.25) is 19.2 Å². The zero-order valence-electron chi connectivity index (χ0n) is 17.5. The molecule has 162 valence electrons. The lowest BCUT2D eigenvalue weighted by molar-refractivity contribution is -0.245. The molecule has 0 saturated carbocycles. The molecular weight excluding hydrogens is 396 g/mol. The summed E-state index contributed by atoms with van der Waals surface area (Å²) in [4.78, 5) is 48.6. The first kappa shape index (κ1) is 20.7. The first-order valence-corrected chi connectivity index (χ1v) is 9.72. The lowest BCUT2D eigenvalue weighted by Gasteiger charge is -2.58. The molecule has 9 heteroatoms. The largest absolute Gasteiger partial charge is 0.465 e. The van der Waals surface area contributed by atoms with Crippen LogP contribution < -0.4 is 0 Å². The minimum absolute atomic E-state index is 0.251. The van der Waals surface area contributed by atoms with Crippen LogP contribution in [0.5, 0.6) is 0 Å². The van der Waals surface area contributed by atoms with Crippen LogP contribution in [0.25, 0.3) is 0 Å². The van der Waals surface area contributed by atoms with Crippen molar-refractivity contribution in [3.05, 3.63) is 23.5 Å². The lowest BCUT2D eigenvalue weighted by Crippen LogP contribution is -2.71. The topological polar surface area (TPSA) is 118 Å². The SMILES string of the molecule is CC(=O)OC[C@]12[C@H](OC(C)=O)C(=O)C(C)=C[C@H]1O[C@@H]1C(OC(C)=O)=C[C@@]2(C)[C@]12CO2. The molecule has 2 heterocycles. The van der Waals surface area contributed by atoms with Crippen LogP contribution >= 0.6 is 0 Å². The fourth-order valence-corrected chi connectivity index (χ4v) is 5.24. The van der Waals surface area contributed by atoms with Crippen molar-refractivity contribution >= 4 is 23.7 Å². The second-order valence-corrected chi connectivity index (χ2v) is 8.48. The number of esters is 3. The second kappa shape index (κ2) is 6.49. The summed E-state index contributed by atoms with van der Waals surface area (Å²) in [6.45, 7) is 7.23. The third kappa shape index (κ3) is 2.54. The van der Waals surface area contributed by atoms with E-state index >= 15 is 0 Å². The highest BCUT2D eigenvalue weighted by Gasteiger charge is 2.82. The summed E-state index contributed by atoms with van der Waals surface area (Å²) in [5.74, 6) is -1.85. The number of ketones is 1. The molecule has 0 unspecified atom stereocenters. The normalized spacial score (nSPS) is 40.8. The highest BCUT2D eigenvalue weighted by Crippen LogP contribution is 2.70. The van der Waals surface area contributed by atoms with Crippen LogP contribution in [-0.2, 0) is 42.9 Å². The number of rotatable bonds is 4. The summed E-state index contributed by atoms with van der Waals surface area (Å²) in [6, 6.07) is 0. The van der Waals surface area contributed by atoms with Gasteiger partial charge in [0.25, 0.3) is 0 Å². The number of carbonyl (C=O) groups excluding carboxylic acids is 4. The maximum atomic E-state index is 13.2. The van der Waals surface area contributed by atoms with Gasteiger partial charge in [-0.25, -0.2) is 0 Å². The van der Waals surface area contributed by atoms with Gasteiger partial charge in [0.1, 0.15) is 24.1 Å². The first-order chi connectivity index (χ1) is 14.0. The van der Waals surface area contributed by atoms with Gasteiger partial charge in [0.15, 0.2) is 11.9 Å². The van der Waals surface area contributed by atoms with Gasteiger partial charge >= 0.3 is 17.9 Å². The Balaban J connectivity index is 1.94. The van der Waals surface area contributed by atoms with Crippen LogP contribution in [0.15, 0.2) is 23.5 Å². The van der Waals surface area contributed by atoms with Gasteiger partial charge in [0.2, 0.25) is 0 Å². The number of ether oxygens (including phenoxy) is 5. The van der Waals surface area contributed by atoms with Crippen LogP contribution in [0.4, 0.5) is 0 Å². The van der Waals surface area contributed by atoms with Crippen LogP contribution in [0, 0.1) is 10.8 Å². The molecule has 0 radical (unpaired) electrons. The van der Waals surface area contributed by atoms with Crippen LogP contribution in [0.2, 0.25) is 0 Å². The van der Waals surface area contributed by atoms with Gasteiger partial charge in [-0.05, 0) is 24.6 Å². The highest BCUT2D eigenvalue weighted by atomic mass is 16.7. The molecular formula is C21H24O9. The van der Waals surface area contributed by atoms with E-state index < -0.39 is 58.4 Å². The van der Waals surface area contributed by atoms with Crippen LogP contribution in [0.1, 0.15) is 34.6 Å². The van der Waals surface area contributed by atoms with E-state index in [1.165, 1.54) is 20.8 Å². The number of fused-ring (bicyclic) bond motifs is 2. The minimum Gasteiger partial charge on any atom is -0.465 e. The molecule has 2 fully saturated rings. The molecule has 2 bridgehead atoms. The summed E-state index contributed by atoms with van der Waals surface area (Å²) in [5, 5.41) is 0. The van der Waals surface area contributed by atoms with E-state index in [0.717, 1.165) is 0 Å². The summed E-state index contributed by atoms with van der Waals surface area (Å²) in [7, 11) is 0. The fourth-order valence-electron chi connectivity index (χ4n) is 5.24. The predicted octanol–water partition coefficient (Wildman–Crippen LogP) is 1.000. The minimum atomic E-state index is -1.31. The second-order valence-electron chi connectivity index (χ2n) is 8.48. The summed E-state index contributed by atoms with van der Waals surface area (Å²) in [5.41, 5.74) is -2.86. The molecule has 4 aliphatic rings. The predicted molar refractivity (Wildman–Crippen MR) is 98.7 cm³/mol. The number of hydrogen-bond donors (Lipinski definition) is 0. The number of epoxide rings is 1. The highest BCUT2D eigenvalue weighted by molar-refractivity contribution is 6.01. The number of carbonyl (C=O) groups is 4. The van der Waals surface area contributed by atoms with Gasteiger partial charge in [-0.2, -0.15) is 0 Å². The van der Waals surface area contributed by atoms with E-state index in [2.05, 4.69) is 0 Å². The maximum Gasteiger partial charge on any atom is 0.307 e. The van der Waals surface area contributed by atoms with Crippen molar-refractivity contribution in [1.82, 2.24) is 0 Å². The van der Waals surface area contributed by atoms with Crippen molar-refractivity contribution in [2.24, 2.45) is 10.8 Å². The van der Waals surface area contributed by atoms with Crippen molar-refractivity contribution in [3.8, 4) is 0 Å². The third-order valence-corrected chi connectivity index (χ3v) is 6.76. The van der Waals surface area contributed by atoms with E-state index in [1.54, 1.807) is 19.1 Å². The van der Waals surface area contributed by atoms with E-state index in [0.29, 0.717) is 5.57 Å². The zero-order chi connectivity index (χ0) is 22.1. The molecule has 2 saturated heterocycles. The van der Waals surface area contributed by atoms with Crippen molar-refractivity contribution in [1.29, 1.82) is 0 Å². The molecule has 0 N–H and O–H groups in total. The smallest absolute Gasteiger partial charge is 0.307 e. The zero-order valence-corrected chi connectivity index (χ0v) is 17.5. The van der Waals surface area contributed by atoms with E-state index in [-0.39, 0.29) is 19.0 Å². The summed E-state index contributed by atoms with van der Waals surface area (Å²) in [6.07, 6.45) is 0.638. The van der Waals surface area contributed by atoms with E-state index in [9.17, 15) is 19.2 Å². The van der Waals surface area contributed by atoms with E-state index in [1.807, 2.05) is 6.92 Å². The Morgan fingerprint density at radius 2 is 1.83 bits per heavy atom. The molecule has 4 rings (SSSR count). The Labute approximate surface area is 173 Å². The maximum absolute atomic E-state index is 13.2. The van der Waals surface area contributed by atoms with Crippen molar-refractivity contribution in [3.63, 3.8) is 0 Å². The molecule has 30 heavy (non-hydrogen) atoms. The first-order valence-electron chi connectivity index (χ1n) is 9.72. The molecule has 0 aromatic rings. The Bertz CT molecular complexity index is 911. The van der Waals surface area contributed by atoms with Crippen molar-refractivity contribution < 1.29 is 42.9 Å². The van der Waals surface area contributed by atoms with Crippen LogP contribution in [-0.4, -0.2) is 60.8 Å². The van der Waals surface area contributed by atoms with Crippen molar-refractivity contribution in [2.45, 2.75) is 58.5 Å². The molecule has 0 aromatic carbocycles. The summed E-state index contributed by atoms with van der Waals surface area (Å²) >= 11 is 0. The van der Waals surface area contributed by atoms with Crippen LogP contribution in [0.3, 0.4) is 0 Å². The molecule has 0 aromatic heterocycles. The molecule has 1 spiro atoms. The van der Waals surface area contributed by atoms with Crippen molar-refractivity contribution in [2.75, 3.05) is 13.2 Å².